The maximum Gasteiger partial charge on any atom is 0.271 e. The number of hydrazine groups is 1. The van der Waals surface area contributed by atoms with E-state index in [9.17, 15) is 14.4 Å². The van der Waals surface area contributed by atoms with Crippen molar-refractivity contribution in [2.45, 2.75) is 6.42 Å². The van der Waals surface area contributed by atoms with Crippen molar-refractivity contribution in [2.24, 2.45) is 0 Å². The predicted molar refractivity (Wildman–Crippen MR) is 117 cm³/mol. The number of methoxy groups -OCH3 is 1. The van der Waals surface area contributed by atoms with E-state index in [4.69, 9.17) is 17.0 Å². The van der Waals surface area contributed by atoms with Crippen molar-refractivity contribution in [1.82, 2.24) is 20.7 Å². The molecule has 3 amide bonds. The Morgan fingerprint density at radius 2 is 2.03 bits per heavy atom. The van der Waals surface area contributed by atoms with Crippen molar-refractivity contribution in [3.8, 4) is 5.75 Å². The highest BCUT2D eigenvalue weighted by Gasteiger charge is 2.32. The van der Waals surface area contributed by atoms with E-state index in [0.717, 1.165) is 5.56 Å². The van der Waals surface area contributed by atoms with Crippen LogP contribution in [-0.2, 0) is 9.59 Å². The zero-order chi connectivity index (χ0) is 21.5. The zero-order valence-corrected chi connectivity index (χ0v) is 17.6. The second kappa shape index (κ2) is 9.99. The number of aromatic nitrogens is 1. The van der Waals surface area contributed by atoms with Crippen molar-refractivity contribution in [3.63, 3.8) is 0 Å². The Bertz CT molecular complexity index is 1010. The summed E-state index contributed by atoms with van der Waals surface area (Å²) in [6.45, 7) is 0.0997. The third-order valence-electron chi connectivity index (χ3n) is 4.10. The summed E-state index contributed by atoms with van der Waals surface area (Å²) in [5.41, 5.74) is 5.70. The van der Waals surface area contributed by atoms with Crippen LogP contribution < -0.4 is 15.6 Å². The number of ether oxygens (including phenoxy) is 1. The first-order valence-corrected chi connectivity index (χ1v) is 10.1. The number of nitrogens with one attached hydrogen (secondary N) is 2. The van der Waals surface area contributed by atoms with Gasteiger partial charge in [-0.05, 0) is 24.3 Å². The number of benzene rings is 1. The molecule has 30 heavy (non-hydrogen) atoms. The number of pyridine rings is 1. The van der Waals surface area contributed by atoms with Crippen LogP contribution >= 0.6 is 24.0 Å². The molecule has 1 aliphatic rings. The number of amides is 3. The number of hydrogen-bond donors (Lipinski definition) is 2. The molecule has 0 atom stereocenters. The Labute approximate surface area is 182 Å². The second-order valence-corrected chi connectivity index (χ2v) is 7.75. The van der Waals surface area contributed by atoms with Crippen LogP contribution in [0.2, 0.25) is 0 Å². The molecule has 0 aliphatic carbocycles. The van der Waals surface area contributed by atoms with E-state index in [-0.39, 0.29) is 18.9 Å². The summed E-state index contributed by atoms with van der Waals surface area (Å²) in [4.78, 5) is 42.3. The van der Waals surface area contributed by atoms with Crippen molar-refractivity contribution in [2.75, 3.05) is 13.7 Å². The Morgan fingerprint density at radius 3 is 2.77 bits per heavy atom. The number of carbonyl (C=O) groups excluding carboxylic acids is 3. The molecule has 1 aliphatic heterocycles. The minimum atomic E-state index is -0.484. The summed E-state index contributed by atoms with van der Waals surface area (Å²) in [6, 6.07) is 10.5. The fourth-order valence-electron chi connectivity index (χ4n) is 2.59. The summed E-state index contributed by atoms with van der Waals surface area (Å²) >= 11 is 6.45. The summed E-state index contributed by atoms with van der Waals surface area (Å²) in [5, 5.41) is 0. The monoisotopic (exact) mass is 442 g/mol. The number of rotatable bonds is 6. The molecule has 0 spiro atoms. The van der Waals surface area contributed by atoms with Crippen LogP contribution in [0.25, 0.3) is 6.08 Å². The molecular formula is C20H18N4O4S2. The average Bonchev–Trinajstić information content (AvgIpc) is 3.03. The van der Waals surface area contributed by atoms with Gasteiger partial charge in [-0.25, -0.2) is 0 Å². The fraction of sp³-hybridized carbons (Fsp3) is 0.150. The SMILES string of the molecule is COc1ccccc1/C=C1\SC(=S)N(CCC(=O)NNC(=O)c2cccnc2)C1=O. The van der Waals surface area contributed by atoms with Crippen LogP contribution in [0.4, 0.5) is 0 Å². The van der Waals surface area contributed by atoms with E-state index >= 15 is 0 Å². The molecule has 2 N–H and O–H groups in total. The quantitative estimate of drug-likeness (QED) is 0.402. The van der Waals surface area contributed by atoms with Crippen molar-refractivity contribution in [1.29, 1.82) is 0 Å². The largest absolute Gasteiger partial charge is 0.496 e. The first-order chi connectivity index (χ1) is 14.5. The van der Waals surface area contributed by atoms with Crippen LogP contribution in [0.3, 0.4) is 0 Å². The summed E-state index contributed by atoms with van der Waals surface area (Å²) in [5.74, 6) is -0.564. The highest BCUT2D eigenvalue weighted by atomic mass is 32.2. The molecule has 2 heterocycles. The van der Waals surface area contributed by atoms with Gasteiger partial charge in [-0.3, -0.25) is 35.1 Å². The molecule has 1 saturated heterocycles. The van der Waals surface area contributed by atoms with E-state index in [2.05, 4.69) is 15.8 Å². The highest BCUT2D eigenvalue weighted by molar-refractivity contribution is 8.26. The Hall–Kier alpha value is -3.24. The van der Waals surface area contributed by atoms with E-state index in [1.807, 2.05) is 18.2 Å². The predicted octanol–water partition coefficient (Wildman–Crippen LogP) is 2.14. The number of para-hydroxylation sites is 1. The minimum Gasteiger partial charge on any atom is -0.496 e. The lowest BCUT2D eigenvalue weighted by molar-refractivity contribution is -0.124. The van der Waals surface area contributed by atoms with Gasteiger partial charge in [0.1, 0.15) is 10.1 Å². The third kappa shape index (κ3) is 5.22. The average molecular weight is 443 g/mol. The highest BCUT2D eigenvalue weighted by Crippen LogP contribution is 2.34. The normalized spacial score (nSPS) is 14.7. The molecule has 10 heteroatoms. The van der Waals surface area contributed by atoms with Gasteiger partial charge in [-0.15, -0.1) is 0 Å². The van der Waals surface area contributed by atoms with Gasteiger partial charge in [-0.2, -0.15) is 0 Å². The van der Waals surface area contributed by atoms with Gasteiger partial charge in [0, 0.05) is 30.9 Å². The molecular weight excluding hydrogens is 424 g/mol. The number of thioether (sulfide) groups is 1. The molecule has 1 aromatic carbocycles. The van der Waals surface area contributed by atoms with Crippen LogP contribution in [0, 0.1) is 0 Å². The molecule has 0 unspecified atom stereocenters. The number of hydrogen-bond acceptors (Lipinski definition) is 7. The Kier molecular flexibility index (Phi) is 7.15. The summed E-state index contributed by atoms with van der Waals surface area (Å²) in [7, 11) is 1.56. The summed E-state index contributed by atoms with van der Waals surface area (Å²) in [6.07, 6.45) is 4.61. The molecule has 2 aromatic rings. The van der Waals surface area contributed by atoms with Crippen LogP contribution in [-0.4, -0.2) is 45.6 Å². The summed E-state index contributed by atoms with van der Waals surface area (Å²) < 4.78 is 5.67. The van der Waals surface area contributed by atoms with Crippen molar-refractivity contribution in [3.05, 3.63) is 64.8 Å². The zero-order valence-electron chi connectivity index (χ0n) is 16.0. The molecule has 0 saturated carbocycles. The lowest BCUT2D eigenvalue weighted by Gasteiger charge is -2.14. The molecule has 0 radical (unpaired) electrons. The first-order valence-electron chi connectivity index (χ1n) is 8.87. The first kappa shape index (κ1) is 21.5. The van der Waals surface area contributed by atoms with Gasteiger partial charge in [-0.1, -0.05) is 42.2 Å². The van der Waals surface area contributed by atoms with E-state index in [0.29, 0.717) is 20.5 Å². The minimum absolute atomic E-state index is 0.0261. The fourth-order valence-corrected chi connectivity index (χ4v) is 3.89. The van der Waals surface area contributed by atoms with Gasteiger partial charge < -0.3 is 4.74 Å². The van der Waals surface area contributed by atoms with Gasteiger partial charge in [0.25, 0.3) is 11.8 Å². The van der Waals surface area contributed by atoms with Gasteiger partial charge >= 0.3 is 0 Å². The van der Waals surface area contributed by atoms with Crippen LogP contribution in [0.15, 0.2) is 53.7 Å². The van der Waals surface area contributed by atoms with Crippen molar-refractivity contribution < 1.29 is 19.1 Å². The lowest BCUT2D eigenvalue weighted by Crippen LogP contribution is -2.43. The molecule has 154 valence electrons. The Morgan fingerprint density at radius 1 is 1.23 bits per heavy atom. The van der Waals surface area contributed by atoms with E-state index in [1.165, 1.54) is 22.9 Å². The molecule has 0 bridgehead atoms. The number of carbonyl (C=O) groups is 3. The van der Waals surface area contributed by atoms with Crippen LogP contribution in [0.1, 0.15) is 22.3 Å². The van der Waals surface area contributed by atoms with E-state index in [1.54, 1.807) is 37.6 Å². The number of thiocarbonyl (C=S) groups is 1. The second-order valence-electron chi connectivity index (χ2n) is 6.07. The molecule has 8 nitrogen and oxygen atoms in total. The van der Waals surface area contributed by atoms with E-state index < -0.39 is 11.8 Å². The number of nitrogens with zero attached hydrogens (tertiary/aromatic N) is 2. The Balaban J connectivity index is 1.55. The van der Waals surface area contributed by atoms with Gasteiger partial charge in [0.05, 0.1) is 17.6 Å². The van der Waals surface area contributed by atoms with Crippen molar-refractivity contribution >= 4 is 52.1 Å². The van der Waals surface area contributed by atoms with Gasteiger partial charge in [0.15, 0.2) is 0 Å². The maximum atomic E-state index is 12.7. The lowest BCUT2D eigenvalue weighted by atomic mass is 10.2. The third-order valence-corrected chi connectivity index (χ3v) is 5.48. The van der Waals surface area contributed by atoms with Gasteiger partial charge in [0.2, 0.25) is 5.91 Å². The topological polar surface area (TPSA) is 101 Å². The smallest absolute Gasteiger partial charge is 0.271 e. The molecule has 1 aromatic heterocycles. The standard InChI is InChI=1S/C20H18N4O4S2/c1-28-15-7-3-2-5-13(15)11-16-19(27)24(20(29)30-16)10-8-17(25)22-23-18(26)14-6-4-9-21-12-14/h2-7,9,11-12H,8,10H2,1H3,(H,22,25)(H,23,26)/b16-11-. The van der Waals surface area contributed by atoms with Crippen LogP contribution in [0.5, 0.6) is 5.75 Å². The maximum absolute atomic E-state index is 12.7. The molecule has 1 fully saturated rings. The molecule has 3 rings (SSSR count).